The number of likely N-dealkylation sites (N-methyl/N-ethyl adjacent to an activating group) is 1. The van der Waals surface area contributed by atoms with E-state index in [9.17, 15) is 4.79 Å². The predicted molar refractivity (Wildman–Crippen MR) is 123 cm³/mol. The minimum Gasteiger partial charge on any atom is -0.338 e. The van der Waals surface area contributed by atoms with Crippen LogP contribution in [0.4, 0.5) is 0 Å². The number of aryl methyl sites for hydroxylation is 1. The zero-order valence-corrected chi connectivity index (χ0v) is 18.6. The molecule has 164 valence electrons. The number of nitrogens with one attached hydrogen (secondary N) is 1. The van der Waals surface area contributed by atoms with Crippen LogP contribution in [0.25, 0.3) is 0 Å². The number of amides is 1. The fourth-order valence-electron chi connectivity index (χ4n) is 5.69. The van der Waals surface area contributed by atoms with E-state index >= 15 is 0 Å². The second-order valence-electron chi connectivity index (χ2n) is 9.50. The van der Waals surface area contributed by atoms with Crippen molar-refractivity contribution in [3.63, 3.8) is 0 Å². The molecular formula is C26H34N4O. The van der Waals surface area contributed by atoms with Crippen molar-refractivity contribution in [1.29, 1.82) is 0 Å². The molecule has 2 atom stereocenters. The number of hydrogen-bond donors (Lipinski definition) is 1. The maximum atomic E-state index is 12.4. The molecule has 5 nitrogen and oxygen atoms in total. The Kier molecular flexibility index (Phi) is 6.06. The van der Waals surface area contributed by atoms with Gasteiger partial charge in [-0.2, -0.15) is 0 Å². The first-order valence-corrected chi connectivity index (χ1v) is 11.9. The van der Waals surface area contributed by atoms with Crippen LogP contribution in [0, 0.1) is 0 Å². The monoisotopic (exact) mass is 418 g/mol. The van der Waals surface area contributed by atoms with Crippen LogP contribution >= 0.6 is 0 Å². The number of aromatic nitrogens is 1. The summed E-state index contributed by atoms with van der Waals surface area (Å²) in [6.07, 6.45) is 9.43. The number of pyridine rings is 1. The molecular weight excluding hydrogens is 384 g/mol. The molecule has 2 aliphatic heterocycles. The van der Waals surface area contributed by atoms with Crippen LogP contribution in [-0.4, -0.2) is 46.9 Å². The van der Waals surface area contributed by atoms with Crippen molar-refractivity contribution in [2.24, 2.45) is 0 Å². The number of rotatable bonds is 5. The van der Waals surface area contributed by atoms with Gasteiger partial charge >= 0.3 is 0 Å². The number of carbonyl (C=O) groups is 1. The van der Waals surface area contributed by atoms with Gasteiger partial charge in [0.05, 0.1) is 11.7 Å². The summed E-state index contributed by atoms with van der Waals surface area (Å²) in [7, 11) is 2.25. The van der Waals surface area contributed by atoms with Crippen LogP contribution < -0.4 is 5.32 Å². The molecule has 0 spiro atoms. The molecule has 1 fully saturated rings. The summed E-state index contributed by atoms with van der Waals surface area (Å²) >= 11 is 0. The Hall–Kier alpha value is -2.24. The molecule has 2 aromatic rings. The van der Waals surface area contributed by atoms with Gasteiger partial charge in [0.1, 0.15) is 0 Å². The molecule has 0 radical (unpaired) electrons. The van der Waals surface area contributed by atoms with E-state index < -0.39 is 0 Å². The van der Waals surface area contributed by atoms with E-state index in [1.165, 1.54) is 40.8 Å². The third-order valence-electron chi connectivity index (χ3n) is 7.39. The van der Waals surface area contributed by atoms with E-state index in [4.69, 9.17) is 4.98 Å². The van der Waals surface area contributed by atoms with Crippen LogP contribution in [-0.2, 0) is 30.7 Å². The van der Waals surface area contributed by atoms with Gasteiger partial charge in [-0.15, -0.1) is 0 Å². The summed E-state index contributed by atoms with van der Waals surface area (Å²) < 4.78 is 0. The Morgan fingerprint density at radius 2 is 2.03 bits per heavy atom. The highest BCUT2D eigenvalue weighted by molar-refractivity contribution is 5.76. The van der Waals surface area contributed by atoms with E-state index in [1.54, 1.807) is 0 Å². The van der Waals surface area contributed by atoms with Crippen LogP contribution in [0.15, 0.2) is 36.5 Å². The molecule has 0 unspecified atom stereocenters. The Balaban J connectivity index is 1.29. The van der Waals surface area contributed by atoms with Gasteiger partial charge in [-0.05, 0) is 73.9 Å². The molecule has 3 heterocycles. The number of benzene rings is 1. The summed E-state index contributed by atoms with van der Waals surface area (Å²) in [4.78, 5) is 21.7. The normalized spacial score (nSPS) is 23.5. The van der Waals surface area contributed by atoms with Gasteiger partial charge in [0.15, 0.2) is 0 Å². The van der Waals surface area contributed by atoms with Crippen LogP contribution in [0.2, 0.25) is 0 Å². The number of carbonyl (C=O) groups excluding carboxylic acids is 1. The van der Waals surface area contributed by atoms with Gasteiger partial charge in [0.25, 0.3) is 0 Å². The third kappa shape index (κ3) is 4.39. The van der Waals surface area contributed by atoms with Gasteiger partial charge in [-0.1, -0.05) is 24.3 Å². The molecule has 1 aromatic heterocycles. The predicted octanol–water partition coefficient (Wildman–Crippen LogP) is 3.62. The zero-order valence-electron chi connectivity index (χ0n) is 18.6. The van der Waals surface area contributed by atoms with Crippen molar-refractivity contribution in [2.45, 2.75) is 70.1 Å². The lowest BCUT2D eigenvalue weighted by molar-refractivity contribution is -0.133. The Labute approximate surface area is 185 Å². The number of nitrogens with zero attached hydrogens (tertiary/aromatic N) is 3. The van der Waals surface area contributed by atoms with E-state index in [1.807, 2.05) is 6.20 Å². The minimum atomic E-state index is 0.317. The lowest BCUT2D eigenvalue weighted by Gasteiger charge is -2.37. The molecule has 1 aliphatic carbocycles. The largest absolute Gasteiger partial charge is 0.338 e. The standard InChI is InChI=1S/C26H34N4O/c1-29(24-11-5-7-19-10-6-13-27-26(19)24)18-22-15-23-20(16-28-22)8-4-9-21(23)17-30-14-3-2-12-25(30)31/h4,6,8-10,13,22,24,28H,2-3,5,7,11-12,14-18H2,1H3/t22-,24-/m0/s1. The van der Waals surface area contributed by atoms with Crippen molar-refractivity contribution < 1.29 is 4.79 Å². The molecule has 1 N–H and O–H groups in total. The number of piperidine rings is 1. The van der Waals surface area contributed by atoms with Crippen LogP contribution in [0.1, 0.15) is 66.1 Å². The Morgan fingerprint density at radius 1 is 1.13 bits per heavy atom. The highest BCUT2D eigenvalue weighted by atomic mass is 16.2. The first-order valence-electron chi connectivity index (χ1n) is 11.9. The first-order chi connectivity index (χ1) is 15.2. The molecule has 1 amide bonds. The summed E-state index contributed by atoms with van der Waals surface area (Å²) in [6.45, 7) is 3.59. The average molecular weight is 419 g/mol. The summed E-state index contributed by atoms with van der Waals surface area (Å²) in [5, 5.41) is 3.77. The molecule has 1 saturated heterocycles. The van der Waals surface area contributed by atoms with E-state index in [-0.39, 0.29) is 0 Å². The molecule has 5 rings (SSSR count). The molecule has 1 aromatic carbocycles. The summed E-state index contributed by atoms with van der Waals surface area (Å²) in [5.41, 5.74) is 6.88. The molecule has 0 saturated carbocycles. The second kappa shape index (κ2) is 9.09. The second-order valence-corrected chi connectivity index (χ2v) is 9.50. The maximum Gasteiger partial charge on any atom is 0.222 e. The van der Waals surface area contributed by atoms with Crippen molar-refractivity contribution >= 4 is 5.91 Å². The number of hydrogen-bond acceptors (Lipinski definition) is 4. The Morgan fingerprint density at radius 3 is 2.94 bits per heavy atom. The molecule has 0 bridgehead atoms. The first kappa shape index (κ1) is 20.7. The maximum absolute atomic E-state index is 12.4. The third-order valence-corrected chi connectivity index (χ3v) is 7.39. The van der Waals surface area contributed by atoms with E-state index in [0.717, 1.165) is 51.9 Å². The highest BCUT2D eigenvalue weighted by Crippen LogP contribution is 2.32. The van der Waals surface area contributed by atoms with Crippen molar-refractivity contribution in [3.8, 4) is 0 Å². The number of fused-ring (bicyclic) bond motifs is 2. The van der Waals surface area contributed by atoms with Gasteiger partial charge in [0.2, 0.25) is 5.91 Å². The quantitative estimate of drug-likeness (QED) is 0.806. The van der Waals surface area contributed by atoms with Gasteiger partial charge in [0, 0.05) is 44.8 Å². The zero-order chi connectivity index (χ0) is 21.2. The van der Waals surface area contributed by atoms with Crippen molar-refractivity contribution in [1.82, 2.24) is 20.1 Å². The van der Waals surface area contributed by atoms with E-state index in [2.05, 4.69) is 52.5 Å². The molecule has 31 heavy (non-hydrogen) atoms. The minimum absolute atomic E-state index is 0.317. The lowest BCUT2D eigenvalue weighted by Crippen LogP contribution is -2.45. The van der Waals surface area contributed by atoms with Crippen LogP contribution in [0.5, 0.6) is 0 Å². The van der Waals surface area contributed by atoms with Crippen molar-refractivity contribution in [2.75, 3.05) is 20.1 Å². The van der Waals surface area contributed by atoms with Crippen LogP contribution in [0.3, 0.4) is 0 Å². The molecule has 5 heteroatoms. The fraction of sp³-hybridized carbons (Fsp3) is 0.538. The van der Waals surface area contributed by atoms with E-state index in [0.29, 0.717) is 24.4 Å². The topological polar surface area (TPSA) is 48.5 Å². The fourth-order valence-corrected chi connectivity index (χ4v) is 5.69. The van der Waals surface area contributed by atoms with Gasteiger partial charge in [-0.25, -0.2) is 0 Å². The number of likely N-dealkylation sites (tertiary alicyclic amines) is 1. The summed E-state index contributed by atoms with van der Waals surface area (Å²) in [5.74, 6) is 0.317. The van der Waals surface area contributed by atoms with Gasteiger partial charge < -0.3 is 10.2 Å². The summed E-state index contributed by atoms with van der Waals surface area (Å²) in [6, 6.07) is 11.8. The Bertz CT molecular complexity index is 943. The highest BCUT2D eigenvalue weighted by Gasteiger charge is 2.29. The SMILES string of the molecule is CN(C[C@@H]1Cc2c(cccc2CN2CCCCC2=O)CN1)[C@H]1CCCc2cccnc21. The average Bonchev–Trinajstić information content (AvgIpc) is 2.80. The van der Waals surface area contributed by atoms with Gasteiger partial charge in [-0.3, -0.25) is 14.7 Å². The lowest BCUT2D eigenvalue weighted by atomic mass is 9.89. The smallest absolute Gasteiger partial charge is 0.222 e. The molecule has 3 aliphatic rings. The van der Waals surface area contributed by atoms with Crippen molar-refractivity contribution in [3.05, 3.63) is 64.5 Å².